The van der Waals surface area contributed by atoms with E-state index in [4.69, 9.17) is 11.6 Å². The zero-order valence-corrected chi connectivity index (χ0v) is 16.3. The van der Waals surface area contributed by atoms with Gasteiger partial charge in [-0.15, -0.1) is 0 Å². The number of aromatic nitrogens is 4. The third-order valence-electron chi connectivity index (χ3n) is 3.56. The highest BCUT2D eigenvalue weighted by molar-refractivity contribution is 9.11. The predicted molar refractivity (Wildman–Crippen MR) is 116 cm³/mol. The molecule has 2 N–H and O–H groups in total. The molecule has 2 aromatic carbocycles. The maximum Gasteiger partial charge on any atom is 0.133 e. The summed E-state index contributed by atoms with van der Waals surface area (Å²) in [4.78, 5) is 0. The van der Waals surface area contributed by atoms with Crippen LogP contribution in [0.3, 0.4) is 0 Å². The molecule has 0 spiro atoms. The molecule has 0 bridgehead atoms. The number of fused-ring (bicyclic) bond motifs is 2. The molecule has 0 atom stereocenters. The van der Waals surface area contributed by atoms with Gasteiger partial charge in [0.1, 0.15) is 5.15 Å². The van der Waals surface area contributed by atoms with E-state index < -0.39 is 0 Å². The average molecular weight is 489 g/mol. The number of nitrogens with zero attached hydrogens (tertiary/aromatic N) is 2. The zero-order valence-electron chi connectivity index (χ0n) is 12.4. The summed E-state index contributed by atoms with van der Waals surface area (Å²) >= 11 is 12.9. The molecule has 134 valence electrons. The third-order valence-corrected chi connectivity index (χ3v) is 5.91. The molecular formula is C18H21Br2ClN4. The Morgan fingerprint density at radius 1 is 0.920 bits per heavy atom. The fourth-order valence-corrected chi connectivity index (χ4v) is 3.56. The van der Waals surface area contributed by atoms with Gasteiger partial charge in [-0.25, -0.2) is 0 Å². The second kappa shape index (κ2) is 8.83. The molecule has 0 aliphatic heterocycles. The van der Waals surface area contributed by atoms with Crippen LogP contribution < -0.4 is 0 Å². The lowest BCUT2D eigenvalue weighted by Crippen LogP contribution is -1.76. The van der Waals surface area contributed by atoms with Gasteiger partial charge < -0.3 is 0 Å². The Bertz CT molecular complexity index is 991. The smallest absolute Gasteiger partial charge is 0.133 e. The van der Waals surface area contributed by atoms with Crippen LogP contribution in [0, 0.1) is 13.8 Å². The summed E-state index contributed by atoms with van der Waals surface area (Å²) in [6.45, 7) is 4.09. The van der Waals surface area contributed by atoms with Gasteiger partial charge >= 0.3 is 0 Å². The van der Waals surface area contributed by atoms with Gasteiger partial charge in [-0.2, -0.15) is 10.2 Å². The molecule has 25 heavy (non-hydrogen) atoms. The molecule has 0 aliphatic rings. The van der Waals surface area contributed by atoms with Crippen molar-refractivity contribution in [2.24, 2.45) is 0 Å². The van der Waals surface area contributed by atoms with Gasteiger partial charge in [0.25, 0.3) is 0 Å². The Balaban J connectivity index is 0.000000232. The molecule has 2 heterocycles. The number of nitrogens with one attached hydrogen (secondary N) is 2. The van der Waals surface area contributed by atoms with Gasteiger partial charge in [-0.3, -0.25) is 10.2 Å². The molecule has 0 saturated heterocycles. The van der Waals surface area contributed by atoms with Crippen molar-refractivity contribution in [2.45, 2.75) is 28.7 Å². The average Bonchev–Trinajstić information content (AvgIpc) is 3.15. The summed E-state index contributed by atoms with van der Waals surface area (Å²) in [6.07, 6.45) is 1.83. The number of hydrogen-bond acceptors (Lipinski definition) is 2. The van der Waals surface area contributed by atoms with E-state index in [9.17, 15) is 0 Å². The monoisotopic (exact) mass is 486 g/mol. The van der Waals surface area contributed by atoms with E-state index in [0.717, 1.165) is 36.3 Å². The largest absolute Gasteiger partial charge is 0.278 e. The van der Waals surface area contributed by atoms with Gasteiger partial charge in [-0.1, -0.05) is 38.6 Å². The van der Waals surface area contributed by atoms with Crippen molar-refractivity contribution in [3.63, 3.8) is 0 Å². The predicted octanol–water partition coefficient (Wildman–Crippen LogP) is 7.19. The molecule has 7 heteroatoms. The van der Waals surface area contributed by atoms with Crippen molar-refractivity contribution in [1.82, 2.24) is 20.4 Å². The molecule has 2 aromatic heterocycles. The van der Waals surface area contributed by atoms with Crippen molar-refractivity contribution >= 4 is 65.3 Å². The second-order valence-electron chi connectivity index (χ2n) is 5.16. The van der Waals surface area contributed by atoms with Gasteiger partial charge in [0.15, 0.2) is 0 Å². The second-order valence-corrected chi connectivity index (χ2v) is 7.12. The van der Waals surface area contributed by atoms with E-state index in [1.165, 1.54) is 5.56 Å². The SMILES string of the molecule is C.C.Cc1ccc2[nH]ncc2c1Br.Cc1ccc2n[nH]c(Cl)c2c1Br. The first-order valence-electron chi connectivity index (χ1n) is 6.86. The van der Waals surface area contributed by atoms with Crippen molar-refractivity contribution in [3.05, 3.63) is 55.7 Å². The Morgan fingerprint density at radius 2 is 1.56 bits per heavy atom. The van der Waals surface area contributed by atoms with Crippen LogP contribution in [0.2, 0.25) is 5.15 Å². The van der Waals surface area contributed by atoms with Crippen molar-refractivity contribution in [1.29, 1.82) is 0 Å². The third kappa shape index (κ3) is 4.25. The van der Waals surface area contributed by atoms with Crippen LogP contribution in [0.1, 0.15) is 26.0 Å². The number of aryl methyl sites for hydroxylation is 2. The maximum atomic E-state index is 5.90. The maximum absolute atomic E-state index is 5.90. The number of halogens is 3. The first-order chi connectivity index (χ1) is 11.0. The Labute approximate surface area is 169 Å². The zero-order chi connectivity index (χ0) is 16.6. The van der Waals surface area contributed by atoms with Crippen LogP contribution in [0.15, 0.2) is 39.4 Å². The number of rotatable bonds is 0. The summed E-state index contributed by atoms with van der Waals surface area (Å²) in [5, 5.41) is 16.3. The Morgan fingerprint density at radius 3 is 2.28 bits per heavy atom. The number of hydrogen-bond donors (Lipinski definition) is 2. The number of H-pyrrole nitrogens is 2. The summed E-state index contributed by atoms with van der Waals surface area (Å²) in [5.41, 5.74) is 4.35. The number of benzene rings is 2. The van der Waals surface area contributed by atoms with E-state index in [0.29, 0.717) is 5.15 Å². The first-order valence-corrected chi connectivity index (χ1v) is 8.82. The molecule has 0 unspecified atom stereocenters. The quantitative estimate of drug-likeness (QED) is 0.275. The molecule has 0 amide bonds. The van der Waals surface area contributed by atoms with Crippen LogP contribution in [-0.2, 0) is 0 Å². The summed E-state index contributed by atoms with van der Waals surface area (Å²) in [5.74, 6) is 0. The molecular weight excluding hydrogens is 467 g/mol. The van der Waals surface area contributed by atoms with E-state index >= 15 is 0 Å². The fourth-order valence-electron chi connectivity index (χ4n) is 2.23. The fraction of sp³-hybridized carbons (Fsp3) is 0.222. The highest BCUT2D eigenvalue weighted by Gasteiger charge is 2.08. The molecule has 4 aromatic rings. The summed E-state index contributed by atoms with van der Waals surface area (Å²) < 4.78 is 2.14. The standard InChI is InChI=1S/C8H6BrClN2.C8H7BrN2.2CH4/c1-4-2-3-5-6(7(4)9)8(10)12-11-5;1-5-2-3-7-6(8(5)9)4-10-11-7;;/h2-3H,1H3,(H,11,12);2-4H,1H3,(H,10,11);2*1H4. The van der Waals surface area contributed by atoms with Crippen LogP contribution in [0.4, 0.5) is 0 Å². The lowest BCUT2D eigenvalue weighted by atomic mass is 10.2. The van der Waals surface area contributed by atoms with Crippen LogP contribution in [0.25, 0.3) is 21.8 Å². The summed E-state index contributed by atoms with van der Waals surface area (Å²) in [6, 6.07) is 8.04. The van der Waals surface area contributed by atoms with E-state index in [1.54, 1.807) is 0 Å². The molecule has 0 aliphatic carbocycles. The van der Waals surface area contributed by atoms with Crippen molar-refractivity contribution < 1.29 is 0 Å². The number of aromatic amines is 2. The minimum atomic E-state index is 0. The molecule has 4 nitrogen and oxygen atoms in total. The minimum Gasteiger partial charge on any atom is -0.278 e. The van der Waals surface area contributed by atoms with Gasteiger partial charge in [0.05, 0.1) is 22.6 Å². The lowest BCUT2D eigenvalue weighted by Gasteiger charge is -1.97. The van der Waals surface area contributed by atoms with E-state index in [1.807, 2.05) is 31.3 Å². The first kappa shape index (κ1) is 21.7. The van der Waals surface area contributed by atoms with Crippen LogP contribution >= 0.6 is 43.5 Å². The Hall–Kier alpha value is -1.37. The van der Waals surface area contributed by atoms with E-state index in [-0.39, 0.29) is 14.9 Å². The van der Waals surface area contributed by atoms with Crippen molar-refractivity contribution in [3.8, 4) is 0 Å². The van der Waals surface area contributed by atoms with Gasteiger partial charge in [0, 0.05) is 14.3 Å². The normalized spacial score (nSPS) is 9.96. The highest BCUT2D eigenvalue weighted by atomic mass is 79.9. The Kier molecular flexibility index (Phi) is 7.65. The van der Waals surface area contributed by atoms with Crippen molar-refractivity contribution in [2.75, 3.05) is 0 Å². The molecule has 0 radical (unpaired) electrons. The minimum absolute atomic E-state index is 0. The lowest BCUT2D eigenvalue weighted by molar-refractivity contribution is 1.12. The molecule has 0 fully saturated rings. The summed E-state index contributed by atoms with van der Waals surface area (Å²) in [7, 11) is 0. The van der Waals surface area contributed by atoms with Gasteiger partial charge in [-0.05, 0) is 69.0 Å². The van der Waals surface area contributed by atoms with Gasteiger partial charge in [0.2, 0.25) is 0 Å². The molecule has 4 rings (SSSR count). The highest BCUT2D eigenvalue weighted by Crippen LogP contribution is 2.30. The van der Waals surface area contributed by atoms with E-state index in [2.05, 4.69) is 65.2 Å². The topological polar surface area (TPSA) is 57.4 Å². The van der Waals surface area contributed by atoms with Crippen LogP contribution in [0.5, 0.6) is 0 Å². The van der Waals surface area contributed by atoms with Crippen LogP contribution in [-0.4, -0.2) is 20.4 Å². The molecule has 0 saturated carbocycles.